The van der Waals surface area contributed by atoms with Crippen molar-refractivity contribution in [2.75, 3.05) is 25.5 Å². The highest BCUT2D eigenvalue weighted by Crippen LogP contribution is 2.62. The second-order valence-electron chi connectivity index (χ2n) is 8.66. The molecule has 0 aromatic heterocycles. The summed E-state index contributed by atoms with van der Waals surface area (Å²) in [6, 6.07) is 8.51. The van der Waals surface area contributed by atoms with Gasteiger partial charge in [0.25, 0.3) is 0 Å². The lowest BCUT2D eigenvalue weighted by molar-refractivity contribution is 0.0364. The normalized spacial score (nSPS) is 26.3. The summed E-state index contributed by atoms with van der Waals surface area (Å²) < 4.78 is 24.3. The van der Waals surface area contributed by atoms with Gasteiger partial charge in [-0.2, -0.15) is 0 Å². The van der Waals surface area contributed by atoms with Crippen LogP contribution in [0.3, 0.4) is 0 Å². The van der Waals surface area contributed by atoms with E-state index >= 15 is 0 Å². The van der Waals surface area contributed by atoms with E-state index in [1.54, 1.807) is 0 Å². The van der Waals surface area contributed by atoms with Gasteiger partial charge in [-0.15, -0.1) is 0 Å². The highest BCUT2D eigenvalue weighted by atomic mass is 31.2. The van der Waals surface area contributed by atoms with Crippen molar-refractivity contribution in [1.29, 1.82) is 0 Å². The zero-order valence-electron chi connectivity index (χ0n) is 18.2. The number of rotatable bonds is 4. The van der Waals surface area contributed by atoms with E-state index in [9.17, 15) is 0 Å². The molecule has 2 fully saturated rings. The maximum atomic E-state index is 6.38. The SMILES string of the molecule is Cc1cc(C)c(OP2CC3(COP(Oc4cc(C)c(C)c(C)c4)OC3)C2)c(C)c1. The molecular formula is C23H30O4P2. The molecule has 29 heavy (non-hydrogen) atoms. The largest absolute Gasteiger partial charge is 0.473 e. The first-order chi connectivity index (χ1) is 13.7. The Morgan fingerprint density at radius 2 is 1.31 bits per heavy atom. The Balaban J connectivity index is 1.30. The van der Waals surface area contributed by atoms with Crippen molar-refractivity contribution < 1.29 is 18.1 Å². The monoisotopic (exact) mass is 432 g/mol. The molecule has 2 saturated heterocycles. The predicted octanol–water partition coefficient (Wildman–Crippen LogP) is 6.67. The summed E-state index contributed by atoms with van der Waals surface area (Å²) in [6.45, 7) is 14.1. The third-order valence-corrected chi connectivity index (χ3v) is 9.41. The molecule has 156 valence electrons. The van der Waals surface area contributed by atoms with Crippen molar-refractivity contribution in [2.24, 2.45) is 5.41 Å². The van der Waals surface area contributed by atoms with Crippen LogP contribution in [0.15, 0.2) is 24.3 Å². The Morgan fingerprint density at radius 3 is 1.86 bits per heavy atom. The molecule has 0 amide bonds. The highest BCUT2D eigenvalue weighted by Gasteiger charge is 2.51. The average Bonchev–Trinajstić information content (AvgIpc) is 2.62. The van der Waals surface area contributed by atoms with E-state index in [0.29, 0.717) is 13.2 Å². The minimum absolute atomic E-state index is 0.0967. The Hall–Kier alpha value is -1.18. The highest BCUT2D eigenvalue weighted by molar-refractivity contribution is 7.54. The van der Waals surface area contributed by atoms with Gasteiger partial charge in [0.2, 0.25) is 0 Å². The van der Waals surface area contributed by atoms with Crippen molar-refractivity contribution in [3.8, 4) is 11.5 Å². The molecule has 2 heterocycles. The Morgan fingerprint density at radius 1 is 0.759 bits per heavy atom. The van der Waals surface area contributed by atoms with Crippen molar-refractivity contribution in [3.05, 3.63) is 57.6 Å². The molecule has 4 rings (SSSR count). The zero-order valence-corrected chi connectivity index (χ0v) is 20.0. The van der Waals surface area contributed by atoms with Gasteiger partial charge in [-0.1, -0.05) is 17.7 Å². The van der Waals surface area contributed by atoms with Crippen molar-refractivity contribution in [3.63, 3.8) is 0 Å². The molecule has 0 unspecified atom stereocenters. The summed E-state index contributed by atoms with van der Waals surface area (Å²) in [7, 11) is -1.78. The Labute approximate surface area is 176 Å². The number of hydrogen-bond donors (Lipinski definition) is 0. The summed E-state index contributed by atoms with van der Waals surface area (Å²) in [4.78, 5) is 0. The standard InChI is InChI=1S/C23H30O4P2/c1-15-7-18(4)22(19(5)8-15)27-28-13-23(14-28)11-24-29(25-12-23)26-21-9-16(2)20(6)17(3)10-21/h7-10H,11-14H2,1-6H3. The maximum Gasteiger partial charge on any atom is 0.397 e. The van der Waals surface area contributed by atoms with E-state index in [1.165, 1.54) is 33.4 Å². The summed E-state index contributed by atoms with van der Waals surface area (Å²) in [5.74, 6) is 1.89. The van der Waals surface area contributed by atoms with E-state index in [2.05, 4.69) is 65.8 Å². The third-order valence-electron chi connectivity index (χ3n) is 5.88. The predicted molar refractivity (Wildman–Crippen MR) is 120 cm³/mol. The number of aryl methyl sites for hydroxylation is 5. The first-order valence-electron chi connectivity index (χ1n) is 10.1. The van der Waals surface area contributed by atoms with E-state index in [0.717, 1.165) is 23.8 Å². The molecule has 0 N–H and O–H groups in total. The molecule has 2 aromatic rings. The molecule has 2 aromatic carbocycles. The average molecular weight is 432 g/mol. The van der Waals surface area contributed by atoms with Crippen LogP contribution in [0.2, 0.25) is 0 Å². The quantitative estimate of drug-likeness (QED) is 0.506. The first-order valence-corrected chi connectivity index (χ1v) is 12.8. The maximum absolute atomic E-state index is 6.38. The van der Waals surface area contributed by atoms with E-state index < -0.39 is 16.8 Å². The first kappa shape index (κ1) is 21.1. The third kappa shape index (κ3) is 4.47. The van der Waals surface area contributed by atoms with Crippen LogP contribution in [0, 0.1) is 47.0 Å². The van der Waals surface area contributed by atoms with Crippen molar-refractivity contribution in [1.82, 2.24) is 0 Å². The molecule has 0 radical (unpaired) electrons. The van der Waals surface area contributed by atoms with Crippen LogP contribution >= 0.6 is 16.8 Å². The minimum Gasteiger partial charge on any atom is -0.473 e. The molecule has 4 nitrogen and oxygen atoms in total. The van der Waals surface area contributed by atoms with Crippen LogP contribution in [-0.4, -0.2) is 25.5 Å². The fourth-order valence-electron chi connectivity index (χ4n) is 4.03. The lowest BCUT2D eigenvalue weighted by atomic mass is 9.95. The van der Waals surface area contributed by atoms with Gasteiger partial charge in [0.05, 0.1) is 21.4 Å². The van der Waals surface area contributed by atoms with E-state index in [4.69, 9.17) is 18.1 Å². The lowest BCUT2D eigenvalue weighted by Crippen LogP contribution is -2.48. The molecule has 0 saturated carbocycles. The molecule has 1 spiro atoms. The molecule has 6 heteroatoms. The summed E-state index contributed by atoms with van der Waals surface area (Å²) in [6.07, 6.45) is 2.06. The minimum atomic E-state index is -1.32. The van der Waals surface area contributed by atoms with Crippen LogP contribution < -0.4 is 9.05 Å². The summed E-state index contributed by atoms with van der Waals surface area (Å²) in [5.41, 5.74) is 7.59. The van der Waals surface area contributed by atoms with Gasteiger partial charge < -0.3 is 18.1 Å². The molecule has 0 bridgehead atoms. The fraction of sp³-hybridized carbons (Fsp3) is 0.478. The smallest absolute Gasteiger partial charge is 0.397 e. The van der Waals surface area contributed by atoms with Crippen LogP contribution in [0.5, 0.6) is 11.5 Å². The molecule has 0 atom stereocenters. The van der Waals surface area contributed by atoms with Crippen LogP contribution in [-0.2, 0) is 9.05 Å². The van der Waals surface area contributed by atoms with Gasteiger partial charge >= 0.3 is 8.60 Å². The van der Waals surface area contributed by atoms with Crippen molar-refractivity contribution >= 4 is 16.8 Å². The number of hydrogen-bond acceptors (Lipinski definition) is 4. The summed E-state index contributed by atoms with van der Waals surface area (Å²) >= 11 is 0. The zero-order chi connectivity index (χ0) is 20.8. The van der Waals surface area contributed by atoms with Crippen molar-refractivity contribution in [2.45, 2.75) is 41.5 Å². The van der Waals surface area contributed by atoms with Gasteiger partial charge in [0.15, 0.2) is 0 Å². The Bertz CT molecular complexity index is 865. The van der Waals surface area contributed by atoms with Gasteiger partial charge in [-0.05, 0) is 81.5 Å². The fourth-order valence-corrected chi connectivity index (χ4v) is 7.69. The Kier molecular flexibility index (Phi) is 5.93. The summed E-state index contributed by atoms with van der Waals surface area (Å²) in [5, 5.41) is 0. The molecule has 2 aliphatic rings. The van der Waals surface area contributed by atoms with E-state index in [1.807, 2.05) is 0 Å². The van der Waals surface area contributed by atoms with Gasteiger partial charge in [-0.25, -0.2) is 0 Å². The van der Waals surface area contributed by atoms with Crippen LogP contribution in [0.25, 0.3) is 0 Å². The molecule has 0 aliphatic carbocycles. The number of benzene rings is 2. The van der Waals surface area contributed by atoms with Gasteiger partial charge in [0.1, 0.15) is 11.5 Å². The second-order valence-corrected chi connectivity index (χ2v) is 11.6. The van der Waals surface area contributed by atoms with Gasteiger partial charge in [0, 0.05) is 17.7 Å². The topological polar surface area (TPSA) is 36.9 Å². The van der Waals surface area contributed by atoms with Crippen LogP contribution in [0.1, 0.15) is 33.4 Å². The van der Waals surface area contributed by atoms with Crippen LogP contribution in [0.4, 0.5) is 0 Å². The molecular weight excluding hydrogens is 402 g/mol. The van der Waals surface area contributed by atoms with E-state index in [-0.39, 0.29) is 5.41 Å². The second kappa shape index (κ2) is 8.16. The molecule has 2 aliphatic heterocycles. The lowest BCUT2D eigenvalue weighted by Gasteiger charge is -2.48. The van der Waals surface area contributed by atoms with Gasteiger partial charge in [-0.3, -0.25) is 0 Å².